The van der Waals surface area contributed by atoms with Crippen molar-refractivity contribution < 1.29 is 9.53 Å². The van der Waals surface area contributed by atoms with Gasteiger partial charge in [0.15, 0.2) is 0 Å². The summed E-state index contributed by atoms with van der Waals surface area (Å²) in [6.45, 7) is 0.383. The van der Waals surface area contributed by atoms with Crippen LogP contribution in [0, 0.1) is 0 Å². The zero-order valence-electron chi connectivity index (χ0n) is 6.57. The van der Waals surface area contributed by atoms with Gasteiger partial charge in [-0.25, -0.2) is 4.79 Å². The summed E-state index contributed by atoms with van der Waals surface area (Å²) in [7, 11) is 1.36. The van der Waals surface area contributed by atoms with Gasteiger partial charge >= 0.3 is 5.97 Å². The van der Waals surface area contributed by atoms with E-state index in [4.69, 9.17) is 5.73 Å². The number of carbonyl (C=O) groups excluding carboxylic acids is 1. The van der Waals surface area contributed by atoms with E-state index in [1.807, 2.05) is 11.4 Å². The van der Waals surface area contributed by atoms with Crippen molar-refractivity contribution >= 4 is 29.7 Å². The van der Waals surface area contributed by atoms with Crippen LogP contribution in [0.2, 0.25) is 0 Å². The zero-order valence-corrected chi connectivity index (χ0v) is 8.21. The van der Waals surface area contributed by atoms with Crippen LogP contribution in [-0.2, 0) is 11.3 Å². The van der Waals surface area contributed by atoms with Gasteiger partial charge in [-0.05, 0) is 17.0 Å². The molecule has 0 aliphatic carbocycles. The molecule has 1 rings (SSSR count). The molecule has 0 saturated carbocycles. The number of nitrogens with two attached hydrogens (primary N) is 1. The van der Waals surface area contributed by atoms with Crippen LogP contribution < -0.4 is 5.73 Å². The Kier molecular flexibility index (Phi) is 4.89. The van der Waals surface area contributed by atoms with Gasteiger partial charge in [-0.1, -0.05) is 0 Å². The van der Waals surface area contributed by atoms with Gasteiger partial charge in [0.25, 0.3) is 0 Å². The van der Waals surface area contributed by atoms with E-state index in [9.17, 15) is 4.79 Å². The van der Waals surface area contributed by atoms with Crippen molar-refractivity contribution in [2.24, 2.45) is 5.73 Å². The second kappa shape index (κ2) is 5.13. The molecule has 0 fully saturated rings. The van der Waals surface area contributed by atoms with Gasteiger partial charge in [0.1, 0.15) is 4.88 Å². The third kappa shape index (κ3) is 2.20. The molecule has 0 unspecified atom stereocenters. The number of ether oxygens (including phenoxy) is 1. The van der Waals surface area contributed by atoms with Crippen LogP contribution in [0.3, 0.4) is 0 Å². The molecule has 1 aromatic rings. The molecule has 1 heterocycles. The number of hydrogen-bond acceptors (Lipinski definition) is 4. The zero-order chi connectivity index (χ0) is 8.27. The SMILES string of the molecule is COC(=O)c1sccc1CN.Cl. The number of thiophene rings is 1. The fraction of sp³-hybridized carbons (Fsp3) is 0.286. The maximum Gasteiger partial charge on any atom is 0.348 e. The third-order valence-corrected chi connectivity index (χ3v) is 2.27. The van der Waals surface area contributed by atoms with Crippen LogP contribution in [0.5, 0.6) is 0 Å². The normalized spacial score (nSPS) is 8.83. The van der Waals surface area contributed by atoms with Gasteiger partial charge in [0.05, 0.1) is 7.11 Å². The quantitative estimate of drug-likeness (QED) is 0.747. The average Bonchev–Trinajstić information content (AvgIpc) is 2.50. The molecule has 0 amide bonds. The molecule has 12 heavy (non-hydrogen) atoms. The van der Waals surface area contributed by atoms with Crippen molar-refractivity contribution in [2.45, 2.75) is 6.54 Å². The minimum Gasteiger partial charge on any atom is -0.465 e. The first-order valence-electron chi connectivity index (χ1n) is 3.14. The summed E-state index contributed by atoms with van der Waals surface area (Å²) in [6.07, 6.45) is 0. The summed E-state index contributed by atoms with van der Waals surface area (Å²) in [5, 5.41) is 1.83. The second-order valence-electron chi connectivity index (χ2n) is 1.97. The molecule has 0 aromatic carbocycles. The Morgan fingerprint density at radius 1 is 1.75 bits per heavy atom. The van der Waals surface area contributed by atoms with E-state index in [0.717, 1.165) is 5.56 Å². The fourth-order valence-electron chi connectivity index (χ4n) is 0.768. The van der Waals surface area contributed by atoms with Crippen LogP contribution >= 0.6 is 23.7 Å². The number of methoxy groups -OCH3 is 1. The molecule has 0 radical (unpaired) electrons. The molecule has 0 atom stereocenters. The average molecular weight is 208 g/mol. The summed E-state index contributed by atoms with van der Waals surface area (Å²) < 4.78 is 4.55. The lowest BCUT2D eigenvalue weighted by atomic mass is 10.2. The summed E-state index contributed by atoms with van der Waals surface area (Å²) >= 11 is 1.35. The van der Waals surface area contributed by atoms with E-state index >= 15 is 0 Å². The van der Waals surface area contributed by atoms with Gasteiger partial charge in [-0.3, -0.25) is 0 Å². The minimum atomic E-state index is -0.305. The molecule has 68 valence electrons. The van der Waals surface area contributed by atoms with Crippen molar-refractivity contribution in [3.8, 4) is 0 Å². The number of halogens is 1. The van der Waals surface area contributed by atoms with Crippen molar-refractivity contribution in [1.82, 2.24) is 0 Å². The monoisotopic (exact) mass is 207 g/mol. The lowest BCUT2D eigenvalue weighted by Crippen LogP contribution is -2.05. The molecule has 3 nitrogen and oxygen atoms in total. The third-order valence-electron chi connectivity index (χ3n) is 1.34. The fourth-order valence-corrected chi connectivity index (χ4v) is 1.62. The van der Waals surface area contributed by atoms with E-state index < -0.39 is 0 Å². The highest BCUT2D eigenvalue weighted by Gasteiger charge is 2.11. The molecule has 0 bridgehead atoms. The highest BCUT2D eigenvalue weighted by atomic mass is 35.5. The first-order chi connectivity index (χ1) is 5.29. The maximum atomic E-state index is 11.0. The standard InChI is InChI=1S/C7H9NO2S.ClH/c1-10-7(9)6-5(4-8)2-3-11-6;/h2-3H,4,8H2,1H3;1H. The van der Waals surface area contributed by atoms with E-state index in [0.29, 0.717) is 11.4 Å². The Bertz CT molecular complexity index is 262. The molecule has 1 aromatic heterocycles. The predicted molar refractivity (Wildman–Crippen MR) is 50.8 cm³/mol. The largest absolute Gasteiger partial charge is 0.465 e. The van der Waals surface area contributed by atoms with Gasteiger partial charge in [-0.15, -0.1) is 23.7 Å². The second-order valence-corrected chi connectivity index (χ2v) is 2.89. The Labute approximate surface area is 80.9 Å². The molecule has 0 aliphatic heterocycles. The number of hydrogen-bond donors (Lipinski definition) is 1. The molecule has 0 aliphatic rings. The van der Waals surface area contributed by atoms with E-state index in [1.54, 1.807) is 0 Å². The Balaban J connectivity index is 0.00000121. The lowest BCUT2D eigenvalue weighted by Gasteiger charge is -1.97. The molecular formula is C7H10ClNO2S. The predicted octanol–water partition coefficient (Wildman–Crippen LogP) is 1.42. The number of esters is 1. The van der Waals surface area contributed by atoms with Crippen molar-refractivity contribution in [1.29, 1.82) is 0 Å². The van der Waals surface area contributed by atoms with Crippen LogP contribution in [0.15, 0.2) is 11.4 Å². The molecule has 0 spiro atoms. The highest BCUT2D eigenvalue weighted by Crippen LogP contribution is 2.16. The molecule has 2 N–H and O–H groups in total. The maximum absolute atomic E-state index is 11.0. The van der Waals surface area contributed by atoms with Gasteiger partial charge in [-0.2, -0.15) is 0 Å². The van der Waals surface area contributed by atoms with E-state index in [2.05, 4.69) is 4.74 Å². The van der Waals surface area contributed by atoms with Crippen molar-refractivity contribution in [2.75, 3.05) is 7.11 Å². The van der Waals surface area contributed by atoms with Crippen LogP contribution in [-0.4, -0.2) is 13.1 Å². The lowest BCUT2D eigenvalue weighted by molar-refractivity contribution is 0.0605. The van der Waals surface area contributed by atoms with Gasteiger partial charge in [0.2, 0.25) is 0 Å². The summed E-state index contributed by atoms with van der Waals surface area (Å²) in [5.74, 6) is -0.305. The van der Waals surface area contributed by atoms with Crippen molar-refractivity contribution in [3.05, 3.63) is 21.9 Å². The molecular weight excluding hydrogens is 198 g/mol. The Morgan fingerprint density at radius 3 is 2.92 bits per heavy atom. The van der Waals surface area contributed by atoms with E-state index in [-0.39, 0.29) is 18.4 Å². The van der Waals surface area contributed by atoms with Gasteiger partial charge in [0, 0.05) is 6.54 Å². The summed E-state index contributed by atoms with van der Waals surface area (Å²) in [4.78, 5) is 11.6. The first kappa shape index (κ1) is 11.4. The Hall–Kier alpha value is -0.580. The topological polar surface area (TPSA) is 52.3 Å². The minimum absolute atomic E-state index is 0. The van der Waals surface area contributed by atoms with E-state index in [1.165, 1.54) is 18.4 Å². The molecule has 0 saturated heterocycles. The van der Waals surface area contributed by atoms with Crippen LogP contribution in [0.25, 0.3) is 0 Å². The summed E-state index contributed by atoms with van der Waals surface area (Å²) in [5.41, 5.74) is 6.24. The van der Waals surface area contributed by atoms with Crippen LogP contribution in [0.1, 0.15) is 15.2 Å². The number of carbonyl (C=O) groups is 1. The highest BCUT2D eigenvalue weighted by molar-refractivity contribution is 7.12. The number of rotatable bonds is 2. The van der Waals surface area contributed by atoms with Crippen LogP contribution in [0.4, 0.5) is 0 Å². The van der Waals surface area contributed by atoms with Gasteiger partial charge < -0.3 is 10.5 Å². The summed E-state index contributed by atoms with van der Waals surface area (Å²) in [6, 6.07) is 1.83. The Morgan fingerprint density at radius 2 is 2.42 bits per heavy atom. The smallest absolute Gasteiger partial charge is 0.348 e. The molecule has 5 heteroatoms. The van der Waals surface area contributed by atoms with Crippen molar-refractivity contribution in [3.63, 3.8) is 0 Å². The first-order valence-corrected chi connectivity index (χ1v) is 4.02.